The molecule has 1 fully saturated rings. The molecule has 2 heterocycles. The highest BCUT2D eigenvalue weighted by Crippen LogP contribution is 2.24. The van der Waals surface area contributed by atoms with E-state index in [9.17, 15) is 14.9 Å². The highest BCUT2D eigenvalue weighted by molar-refractivity contribution is 5.74. The predicted octanol–water partition coefficient (Wildman–Crippen LogP) is 1.42. The summed E-state index contributed by atoms with van der Waals surface area (Å²) in [7, 11) is 1.57. The largest absolute Gasteiger partial charge is 0.351 e. The number of nitriles is 1. The van der Waals surface area contributed by atoms with Crippen LogP contribution in [0.25, 0.3) is 11.2 Å². The third-order valence-electron chi connectivity index (χ3n) is 5.86. The number of hydrogen-bond acceptors (Lipinski definition) is 6. The molecule has 2 atom stereocenters. The van der Waals surface area contributed by atoms with E-state index in [2.05, 4.69) is 21.4 Å². The molecule has 0 bridgehead atoms. The Bertz CT molecular complexity index is 1230. The Labute approximate surface area is 173 Å². The maximum atomic E-state index is 12.7. The van der Waals surface area contributed by atoms with Crippen LogP contribution < -0.4 is 22.3 Å². The first kappa shape index (κ1) is 19.9. The highest BCUT2D eigenvalue weighted by Gasteiger charge is 2.24. The molecule has 4 rings (SSSR count). The van der Waals surface area contributed by atoms with Gasteiger partial charge in [0.15, 0.2) is 11.2 Å². The van der Waals surface area contributed by atoms with Crippen LogP contribution >= 0.6 is 0 Å². The molecule has 1 aromatic carbocycles. The summed E-state index contributed by atoms with van der Waals surface area (Å²) in [5.74, 6) is 0.479. The number of H-pyrrole nitrogens is 1. The van der Waals surface area contributed by atoms with E-state index in [1.807, 2.05) is 12.1 Å². The van der Waals surface area contributed by atoms with Crippen molar-refractivity contribution in [3.63, 3.8) is 0 Å². The van der Waals surface area contributed by atoms with Crippen LogP contribution in [0.5, 0.6) is 0 Å². The SMILES string of the molecule is Cn1c(=O)[nH]c(=O)c2c1nc(N[C@@H]1CCCCC[C@@H]1N)n2Cc1ccccc1C#N. The van der Waals surface area contributed by atoms with Crippen LogP contribution in [0.3, 0.4) is 0 Å². The van der Waals surface area contributed by atoms with Crippen LogP contribution in [0.4, 0.5) is 5.95 Å². The van der Waals surface area contributed by atoms with Crippen molar-refractivity contribution in [2.45, 2.75) is 50.7 Å². The van der Waals surface area contributed by atoms with Gasteiger partial charge in [0.25, 0.3) is 5.56 Å². The quantitative estimate of drug-likeness (QED) is 0.560. The van der Waals surface area contributed by atoms with Crippen LogP contribution in [0.2, 0.25) is 0 Å². The van der Waals surface area contributed by atoms with Gasteiger partial charge < -0.3 is 11.1 Å². The van der Waals surface area contributed by atoms with E-state index in [0.29, 0.717) is 17.2 Å². The van der Waals surface area contributed by atoms with Crippen molar-refractivity contribution in [2.24, 2.45) is 12.8 Å². The zero-order chi connectivity index (χ0) is 21.3. The molecule has 1 saturated carbocycles. The molecule has 0 unspecified atom stereocenters. The number of anilines is 1. The third kappa shape index (κ3) is 3.62. The molecule has 156 valence electrons. The van der Waals surface area contributed by atoms with E-state index in [0.717, 1.165) is 37.7 Å². The van der Waals surface area contributed by atoms with Gasteiger partial charge in [-0.2, -0.15) is 10.2 Å². The van der Waals surface area contributed by atoms with E-state index >= 15 is 0 Å². The van der Waals surface area contributed by atoms with Crippen LogP contribution in [-0.2, 0) is 13.6 Å². The number of hydrogen-bond donors (Lipinski definition) is 3. The van der Waals surface area contributed by atoms with Gasteiger partial charge in [-0.1, -0.05) is 37.5 Å². The molecule has 30 heavy (non-hydrogen) atoms. The molecule has 1 aliphatic carbocycles. The summed E-state index contributed by atoms with van der Waals surface area (Å²) in [5, 5.41) is 12.9. The second-order valence-electron chi connectivity index (χ2n) is 7.83. The van der Waals surface area contributed by atoms with Crippen molar-refractivity contribution in [3.05, 3.63) is 56.2 Å². The standard InChI is InChI=1S/C21H25N7O2/c1-27-18-17(19(29)26-21(27)30)28(12-14-8-6-5-7-13(14)11-22)20(25-18)24-16-10-4-2-3-9-15(16)23/h5-8,15-16H,2-4,9-10,12,23H2,1H3,(H,24,25)(H,26,29,30)/t15-,16+/m0/s1. The predicted molar refractivity (Wildman–Crippen MR) is 114 cm³/mol. The molecule has 9 heteroatoms. The molecule has 1 aliphatic rings. The normalized spacial score (nSPS) is 19.4. The lowest BCUT2D eigenvalue weighted by Crippen LogP contribution is -2.40. The van der Waals surface area contributed by atoms with Crippen LogP contribution in [-0.4, -0.2) is 31.2 Å². The fourth-order valence-corrected chi connectivity index (χ4v) is 4.12. The second kappa shape index (κ2) is 8.16. The molecule has 0 aliphatic heterocycles. The summed E-state index contributed by atoms with van der Waals surface area (Å²) >= 11 is 0. The number of imidazole rings is 1. The molecule has 0 amide bonds. The van der Waals surface area contributed by atoms with Crippen molar-refractivity contribution in [1.82, 2.24) is 19.1 Å². The molecule has 0 saturated heterocycles. The van der Waals surface area contributed by atoms with E-state index in [-0.39, 0.29) is 24.1 Å². The van der Waals surface area contributed by atoms with Gasteiger partial charge in [-0.25, -0.2) is 4.79 Å². The minimum absolute atomic E-state index is 0.0189. The highest BCUT2D eigenvalue weighted by atomic mass is 16.2. The van der Waals surface area contributed by atoms with Crippen LogP contribution in [0, 0.1) is 11.3 Å². The molecule has 4 N–H and O–H groups in total. The topological polar surface area (TPSA) is 135 Å². The van der Waals surface area contributed by atoms with Gasteiger partial charge in [-0.05, 0) is 24.5 Å². The zero-order valence-electron chi connectivity index (χ0n) is 16.9. The minimum atomic E-state index is -0.521. The van der Waals surface area contributed by atoms with E-state index in [1.165, 1.54) is 4.57 Å². The lowest BCUT2D eigenvalue weighted by atomic mass is 10.0. The number of aromatic nitrogens is 4. The Balaban J connectivity index is 1.86. The van der Waals surface area contributed by atoms with Gasteiger partial charge in [0.1, 0.15) is 0 Å². The maximum absolute atomic E-state index is 12.7. The Morgan fingerprint density at radius 3 is 2.83 bits per heavy atom. The molecular weight excluding hydrogens is 382 g/mol. The summed E-state index contributed by atoms with van der Waals surface area (Å²) in [6.45, 7) is 0.270. The Morgan fingerprint density at radius 2 is 2.03 bits per heavy atom. The summed E-state index contributed by atoms with van der Waals surface area (Å²) < 4.78 is 3.06. The smallest absolute Gasteiger partial charge is 0.329 e. The first-order valence-corrected chi connectivity index (χ1v) is 10.2. The number of aryl methyl sites for hydroxylation is 1. The Morgan fingerprint density at radius 1 is 1.27 bits per heavy atom. The summed E-state index contributed by atoms with van der Waals surface area (Å²) in [4.78, 5) is 31.7. The van der Waals surface area contributed by atoms with Crippen molar-refractivity contribution < 1.29 is 0 Å². The average molecular weight is 407 g/mol. The third-order valence-corrected chi connectivity index (χ3v) is 5.86. The minimum Gasteiger partial charge on any atom is -0.351 e. The van der Waals surface area contributed by atoms with E-state index in [1.54, 1.807) is 23.7 Å². The Hall–Kier alpha value is -3.38. The van der Waals surface area contributed by atoms with Gasteiger partial charge in [0.05, 0.1) is 18.2 Å². The van der Waals surface area contributed by atoms with E-state index < -0.39 is 11.2 Å². The average Bonchev–Trinajstić information content (AvgIpc) is 2.96. The monoisotopic (exact) mass is 407 g/mol. The van der Waals surface area contributed by atoms with Gasteiger partial charge in [0, 0.05) is 19.1 Å². The molecule has 0 spiro atoms. The van der Waals surface area contributed by atoms with Gasteiger partial charge in [-0.15, -0.1) is 0 Å². The number of benzene rings is 1. The first-order valence-electron chi connectivity index (χ1n) is 10.2. The summed E-state index contributed by atoms with van der Waals surface area (Å²) in [6, 6.07) is 9.43. The van der Waals surface area contributed by atoms with Crippen molar-refractivity contribution in [1.29, 1.82) is 5.26 Å². The number of nitrogens with one attached hydrogen (secondary N) is 2. The van der Waals surface area contributed by atoms with Crippen molar-refractivity contribution in [2.75, 3.05) is 5.32 Å². The molecule has 9 nitrogen and oxygen atoms in total. The van der Waals surface area contributed by atoms with E-state index in [4.69, 9.17) is 5.73 Å². The zero-order valence-corrected chi connectivity index (χ0v) is 16.9. The molecule has 3 aromatic rings. The van der Waals surface area contributed by atoms with Crippen LogP contribution in [0.15, 0.2) is 33.9 Å². The van der Waals surface area contributed by atoms with Gasteiger partial charge in [-0.3, -0.25) is 18.9 Å². The Kier molecular flexibility index (Phi) is 5.42. The first-order chi connectivity index (χ1) is 14.5. The molecule has 2 aromatic heterocycles. The van der Waals surface area contributed by atoms with Gasteiger partial charge in [0.2, 0.25) is 5.95 Å². The number of aromatic amines is 1. The number of fused-ring (bicyclic) bond motifs is 1. The van der Waals surface area contributed by atoms with Gasteiger partial charge >= 0.3 is 5.69 Å². The fourth-order valence-electron chi connectivity index (χ4n) is 4.12. The number of nitrogens with zero attached hydrogens (tertiary/aromatic N) is 4. The van der Waals surface area contributed by atoms with Crippen LogP contribution in [0.1, 0.15) is 43.2 Å². The summed E-state index contributed by atoms with van der Waals surface area (Å²) in [6.07, 6.45) is 5.15. The fraction of sp³-hybridized carbons (Fsp3) is 0.429. The van der Waals surface area contributed by atoms with Crippen molar-refractivity contribution >= 4 is 17.1 Å². The molecular formula is C21H25N7O2. The second-order valence-corrected chi connectivity index (χ2v) is 7.83. The lowest BCUT2D eigenvalue weighted by Gasteiger charge is -2.23. The summed E-state index contributed by atoms with van der Waals surface area (Å²) in [5.41, 5.74) is 7.23. The maximum Gasteiger partial charge on any atom is 0.329 e. The number of rotatable bonds is 4. The lowest BCUT2D eigenvalue weighted by molar-refractivity contribution is 0.523. The molecule has 0 radical (unpaired) electrons. The number of nitrogens with two attached hydrogens (primary N) is 1. The van der Waals surface area contributed by atoms with Crippen molar-refractivity contribution in [3.8, 4) is 6.07 Å².